The summed E-state index contributed by atoms with van der Waals surface area (Å²) in [5.41, 5.74) is 6.64. The number of aliphatic hydroxyl groups excluding tert-OH is 1. The molecule has 0 aliphatic carbocycles. The van der Waals surface area contributed by atoms with Gasteiger partial charge in [0.15, 0.2) is 0 Å². The van der Waals surface area contributed by atoms with E-state index in [1.165, 1.54) is 0 Å². The van der Waals surface area contributed by atoms with Crippen molar-refractivity contribution in [1.82, 2.24) is 16.0 Å². The van der Waals surface area contributed by atoms with Crippen molar-refractivity contribution < 1.29 is 29.0 Å². The molecule has 0 unspecified atom stereocenters. The number of benzene rings is 2. The molecule has 0 bridgehead atoms. The number of hydrogen-bond donors (Lipinski definition) is 5. The Morgan fingerprint density at radius 1 is 0.795 bits per heavy atom. The number of carbonyl (C=O) groups is 4. The second-order valence-corrected chi connectivity index (χ2v) is 12.7. The summed E-state index contributed by atoms with van der Waals surface area (Å²) in [6.45, 7) is 10.9. The van der Waals surface area contributed by atoms with Crippen LogP contribution in [0.25, 0.3) is 0 Å². The first-order valence-electron chi connectivity index (χ1n) is 15.3. The molecule has 0 aromatic heterocycles. The normalized spacial score (nSPS) is 14.9. The highest BCUT2D eigenvalue weighted by Crippen LogP contribution is 2.19. The van der Waals surface area contributed by atoms with Crippen LogP contribution in [0.15, 0.2) is 60.7 Å². The smallest absolute Gasteiger partial charge is 0.407 e. The van der Waals surface area contributed by atoms with Gasteiger partial charge in [-0.3, -0.25) is 14.4 Å². The zero-order chi connectivity index (χ0) is 32.9. The fourth-order valence-electron chi connectivity index (χ4n) is 4.90. The van der Waals surface area contributed by atoms with Crippen molar-refractivity contribution in [2.45, 2.75) is 103 Å². The Bertz CT molecular complexity index is 1200. The Balaban J connectivity index is 2.24. The van der Waals surface area contributed by atoms with Gasteiger partial charge in [0.25, 0.3) is 0 Å². The maximum Gasteiger partial charge on any atom is 0.407 e. The SMILES string of the molecule is CC[C@H](NC(=O)OC(C)(C)C)[C@H](O)C[C@@H](Cc1ccccc1)C(=O)N[C@@H](CC(C)C)C(=O)N[C@@H](Cc1ccccc1)C(N)=O. The van der Waals surface area contributed by atoms with Crippen LogP contribution >= 0.6 is 0 Å². The first-order chi connectivity index (χ1) is 20.7. The van der Waals surface area contributed by atoms with E-state index in [1.54, 1.807) is 20.8 Å². The fraction of sp³-hybridized carbons (Fsp3) is 0.529. The summed E-state index contributed by atoms with van der Waals surface area (Å²) < 4.78 is 5.35. The van der Waals surface area contributed by atoms with Crippen LogP contribution in [0.1, 0.15) is 71.9 Å². The lowest BCUT2D eigenvalue weighted by Gasteiger charge is -2.29. The lowest BCUT2D eigenvalue weighted by molar-refractivity contribution is -0.133. The number of carbonyl (C=O) groups excluding carboxylic acids is 4. The standard InChI is InChI=1S/C34H50N4O6/c1-7-26(38-33(43)44-34(4,5)6)29(39)21-25(19-23-14-10-8-11-15-23)31(41)37-28(18-22(2)3)32(42)36-27(30(35)40)20-24-16-12-9-13-17-24/h8-17,22,25-29,39H,7,18-21H2,1-6H3,(H2,35,40)(H,36,42)(H,37,41)(H,38,43)/t25-,26+,27+,28+,29-/m1/s1. The first kappa shape index (κ1) is 36.3. The van der Waals surface area contributed by atoms with Crippen LogP contribution in [-0.4, -0.2) is 58.8 Å². The number of rotatable bonds is 16. The van der Waals surface area contributed by atoms with E-state index in [1.807, 2.05) is 81.4 Å². The Kier molecular flexibility index (Phi) is 14.3. The highest BCUT2D eigenvalue weighted by Gasteiger charge is 2.32. The van der Waals surface area contributed by atoms with Crippen LogP contribution in [0.5, 0.6) is 0 Å². The van der Waals surface area contributed by atoms with Crippen LogP contribution in [-0.2, 0) is 32.0 Å². The van der Waals surface area contributed by atoms with Crippen molar-refractivity contribution in [1.29, 1.82) is 0 Å². The molecular formula is C34H50N4O6. The molecule has 0 aliphatic rings. The summed E-state index contributed by atoms with van der Waals surface area (Å²) in [5, 5.41) is 19.5. The lowest BCUT2D eigenvalue weighted by atomic mass is 9.89. The van der Waals surface area contributed by atoms with E-state index in [9.17, 15) is 24.3 Å². The Hall–Kier alpha value is -3.92. The number of amides is 4. The number of nitrogens with one attached hydrogen (secondary N) is 3. The van der Waals surface area contributed by atoms with Crippen molar-refractivity contribution in [3.8, 4) is 0 Å². The molecule has 0 aliphatic heterocycles. The molecule has 10 nitrogen and oxygen atoms in total. The van der Waals surface area contributed by atoms with E-state index >= 15 is 0 Å². The molecule has 44 heavy (non-hydrogen) atoms. The molecule has 5 atom stereocenters. The first-order valence-corrected chi connectivity index (χ1v) is 15.3. The van der Waals surface area contributed by atoms with Gasteiger partial charge in [0.1, 0.15) is 17.7 Å². The van der Waals surface area contributed by atoms with E-state index in [0.717, 1.165) is 11.1 Å². The maximum absolute atomic E-state index is 13.8. The second kappa shape index (κ2) is 17.4. The van der Waals surface area contributed by atoms with Gasteiger partial charge >= 0.3 is 6.09 Å². The van der Waals surface area contributed by atoms with Crippen LogP contribution in [0, 0.1) is 11.8 Å². The minimum Gasteiger partial charge on any atom is -0.444 e. The van der Waals surface area contributed by atoms with Crippen molar-refractivity contribution >= 4 is 23.8 Å². The largest absolute Gasteiger partial charge is 0.444 e. The summed E-state index contributed by atoms with van der Waals surface area (Å²) in [6, 6.07) is 16.1. The highest BCUT2D eigenvalue weighted by atomic mass is 16.6. The van der Waals surface area contributed by atoms with E-state index in [4.69, 9.17) is 10.5 Å². The quantitative estimate of drug-likeness (QED) is 0.195. The Morgan fingerprint density at radius 3 is 1.80 bits per heavy atom. The van der Waals surface area contributed by atoms with Gasteiger partial charge in [0.2, 0.25) is 17.7 Å². The summed E-state index contributed by atoms with van der Waals surface area (Å²) >= 11 is 0. The predicted molar refractivity (Wildman–Crippen MR) is 170 cm³/mol. The van der Waals surface area contributed by atoms with Gasteiger partial charge in [-0.1, -0.05) is 81.4 Å². The molecule has 0 radical (unpaired) electrons. The van der Waals surface area contributed by atoms with Gasteiger partial charge in [0, 0.05) is 12.3 Å². The number of alkyl carbamates (subject to hydrolysis) is 1. The lowest BCUT2D eigenvalue weighted by Crippen LogP contribution is -2.55. The average molecular weight is 611 g/mol. The molecule has 10 heteroatoms. The molecule has 2 aromatic rings. The predicted octanol–water partition coefficient (Wildman–Crippen LogP) is 3.64. The molecule has 0 heterocycles. The monoisotopic (exact) mass is 610 g/mol. The van der Waals surface area contributed by atoms with Crippen molar-refractivity contribution in [3.63, 3.8) is 0 Å². The van der Waals surface area contributed by atoms with E-state index in [2.05, 4.69) is 16.0 Å². The maximum atomic E-state index is 13.8. The summed E-state index contributed by atoms with van der Waals surface area (Å²) in [6.07, 6.45) is -0.420. The fourth-order valence-corrected chi connectivity index (χ4v) is 4.90. The van der Waals surface area contributed by atoms with Crippen LogP contribution in [0.3, 0.4) is 0 Å². The number of ether oxygens (including phenoxy) is 1. The van der Waals surface area contributed by atoms with Gasteiger partial charge in [-0.2, -0.15) is 0 Å². The number of primary amides is 1. The van der Waals surface area contributed by atoms with Crippen molar-refractivity contribution in [2.24, 2.45) is 17.6 Å². The van der Waals surface area contributed by atoms with Gasteiger partial charge in [-0.05, 0) is 63.5 Å². The molecule has 0 saturated heterocycles. The molecule has 0 spiro atoms. The third-order valence-electron chi connectivity index (χ3n) is 7.11. The summed E-state index contributed by atoms with van der Waals surface area (Å²) in [7, 11) is 0. The van der Waals surface area contributed by atoms with Crippen molar-refractivity contribution in [2.75, 3.05) is 0 Å². The van der Waals surface area contributed by atoms with Crippen LogP contribution < -0.4 is 21.7 Å². The third kappa shape index (κ3) is 13.2. The van der Waals surface area contributed by atoms with E-state index in [-0.39, 0.29) is 18.8 Å². The van der Waals surface area contributed by atoms with Crippen LogP contribution in [0.4, 0.5) is 4.79 Å². The second-order valence-electron chi connectivity index (χ2n) is 12.7. The minimum atomic E-state index is -1.06. The number of aliphatic hydroxyl groups is 1. The van der Waals surface area contributed by atoms with Gasteiger partial charge in [-0.15, -0.1) is 0 Å². The topological polar surface area (TPSA) is 160 Å². The molecule has 0 fully saturated rings. The number of hydrogen-bond acceptors (Lipinski definition) is 6. The zero-order valence-corrected chi connectivity index (χ0v) is 26.8. The molecule has 0 saturated carbocycles. The molecule has 2 aromatic carbocycles. The van der Waals surface area contributed by atoms with E-state index in [0.29, 0.717) is 19.3 Å². The zero-order valence-electron chi connectivity index (χ0n) is 26.8. The molecule has 242 valence electrons. The summed E-state index contributed by atoms with van der Waals surface area (Å²) in [4.78, 5) is 51.9. The molecule has 2 rings (SSSR count). The minimum absolute atomic E-state index is 0.0307. The van der Waals surface area contributed by atoms with Gasteiger partial charge < -0.3 is 31.5 Å². The Labute approximate surface area is 261 Å². The summed E-state index contributed by atoms with van der Waals surface area (Å²) in [5.74, 6) is -2.28. The highest BCUT2D eigenvalue weighted by molar-refractivity contribution is 5.92. The molecule has 4 amide bonds. The van der Waals surface area contributed by atoms with Gasteiger partial charge in [-0.25, -0.2) is 4.79 Å². The van der Waals surface area contributed by atoms with E-state index < -0.39 is 59.6 Å². The molecular weight excluding hydrogens is 560 g/mol. The van der Waals surface area contributed by atoms with Crippen LogP contribution in [0.2, 0.25) is 0 Å². The Morgan fingerprint density at radius 2 is 1.32 bits per heavy atom. The number of nitrogens with two attached hydrogens (primary N) is 1. The van der Waals surface area contributed by atoms with Gasteiger partial charge in [0.05, 0.1) is 12.1 Å². The third-order valence-corrected chi connectivity index (χ3v) is 7.11. The molecule has 6 N–H and O–H groups in total. The van der Waals surface area contributed by atoms with Crippen molar-refractivity contribution in [3.05, 3.63) is 71.8 Å². The average Bonchev–Trinajstić information content (AvgIpc) is 2.94.